The van der Waals surface area contributed by atoms with E-state index < -0.39 is 10.0 Å². The molecule has 2 rings (SSSR count). The summed E-state index contributed by atoms with van der Waals surface area (Å²) >= 11 is 1.80. The second kappa shape index (κ2) is 6.98. The third-order valence-corrected chi connectivity index (χ3v) is 5.98. The minimum Gasteiger partial charge on any atom is -0.447 e. The Morgan fingerprint density at radius 2 is 2.20 bits per heavy atom. The van der Waals surface area contributed by atoms with Crippen LogP contribution in [0.3, 0.4) is 0 Å². The zero-order valence-corrected chi connectivity index (χ0v) is 13.5. The maximum atomic E-state index is 12.2. The van der Waals surface area contributed by atoms with Crippen molar-refractivity contribution >= 4 is 21.8 Å². The van der Waals surface area contributed by atoms with Crippen molar-refractivity contribution in [3.05, 3.63) is 17.9 Å². The summed E-state index contributed by atoms with van der Waals surface area (Å²) < 4.78 is 32.6. The van der Waals surface area contributed by atoms with Gasteiger partial charge in [0.1, 0.15) is 5.76 Å². The van der Waals surface area contributed by atoms with Gasteiger partial charge in [0.2, 0.25) is 5.09 Å². The summed E-state index contributed by atoms with van der Waals surface area (Å²) in [7, 11) is -3.53. The van der Waals surface area contributed by atoms with Gasteiger partial charge in [-0.2, -0.15) is 11.8 Å². The molecule has 1 aromatic rings. The molecule has 1 fully saturated rings. The Morgan fingerprint density at radius 1 is 1.40 bits per heavy atom. The molecule has 2 unspecified atom stereocenters. The van der Waals surface area contributed by atoms with Crippen LogP contribution in [0.2, 0.25) is 0 Å². The van der Waals surface area contributed by atoms with Gasteiger partial charge in [0.25, 0.3) is 10.0 Å². The molecule has 7 heteroatoms. The van der Waals surface area contributed by atoms with E-state index in [-0.39, 0.29) is 11.1 Å². The molecule has 1 saturated carbocycles. The number of hydrogen-bond acceptors (Lipinski definition) is 5. The van der Waals surface area contributed by atoms with Crippen LogP contribution < -0.4 is 10.0 Å². The van der Waals surface area contributed by atoms with E-state index in [0.717, 1.165) is 25.8 Å². The molecule has 1 aliphatic rings. The first-order valence-corrected chi connectivity index (χ1v) is 9.66. The van der Waals surface area contributed by atoms with E-state index in [0.29, 0.717) is 17.6 Å². The molecule has 0 amide bonds. The van der Waals surface area contributed by atoms with Crippen LogP contribution in [-0.4, -0.2) is 32.5 Å². The quantitative estimate of drug-likeness (QED) is 0.804. The van der Waals surface area contributed by atoms with E-state index in [4.69, 9.17) is 4.42 Å². The monoisotopic (exact) mass is 318 g/mol. The average molecular weight is 318 g/mol. The number of rotatable bonds is 7. The number of thioether (sulfide) groups is 1. The fourth-order valence-corrected chi connectivity index (χ4v) is 4.41. The predicted octanol–water partition coefficient (Wildman–Crippen LogP) is 1.95. The van der Waals surface area contributed by atoms with Gasteiger partial charge in [-0.25, -0.2) is 13.1 Å². The highest BCUT2D eigenvalue weighted by Crippen LogP contribution is 2.29. The highest BCUT2D eigenvalue weighted by atomic mass is 32.2. The van der Waals surface area contributed by atoms with Crippen molar-refractivity contribution < 1.29 is 12.8 Å². The van der Waals surface area contributed by atoms with Crippen LogP contribution in [-0.2, 0) is 16.6 Å². The van der Waals surface area contributed by atoms with Crippen molar-refractivity contribution in [1.29, 1.82) is 0 Å². The standard InChI is InChI=1S/C13H22N2O3S2/c1-3-14-9-11-5-7-13(18-11)20(16,17)15-10-4-6-12(8-10)19-2/h5,7,10,12,14-15H,3-4,6,8-9H2,1-2H3. The Balaban J connectivity index is 1.98. The molecule has 0 radical (unpaired) electrons. The molecule has 1 aromatic heterocycles. The maximum Gasteiger partial charge on any atom is 0.274 e. The lowest BCUT2D eigenvalue weighted by molar-refractivity contribution is 0.399. The van der Waals surface area contributed by atoms with Crippen LogP contribution in [0, 0.1) is 0 Å². The first kappa shape index (κ1) is 15.9. The van der Waals surface area contributed by atoms with Crippen molar-refractivity contribution in [1.82, 2.24) is 10.0 Å². The lowest BCUT2D eigenvalue weighted by Crippen LogP contribution is -2.32. The molecule has 5 nitrogen and oxygen atoms in total. The Hall–Kier alpha value is -0.500. The third-order valence-electron chi connectivity index (χ3n) is 3.49. The Morgan fingerprint density at radius 3 is 2.85 bits per heavy atom. The Bertz CT molecular complexity index is 527. The van der Waals surface area contributed by atoms with Crippen LogP contribution in [0.4, 0.5) is 0 Å². The Labute approximate surface area is 124 Å². The van der Waals surface area contributed by atoms with Gasteiger partial charge in [0, 0.05) is 11.3 Å². The van der Waals surface area contributed by atoms with Crippen molar-refractivity contribution in [2.45, 2.75) is 49.1 Å². The van der Waals surface area contributed by atoms with E-state index in [1.807, 2.05) is 6.92 Å². The maximum absolute atomic E-state index is 12.2. The number of nitrogens with one attached hydrogen (secondary N) is 2. The molecule has 114 valence electrons. The van der Waals surface area contributed by atoms with Crippen molar-refractivity contribution in [2.24, 2.45) is 0 Å². The van der Waals surface area contributed by atoms with Gasteiger partial charge in [-0.15, -0.1) is 0 Å². The molecule has 0 aliphatic heterocycles. The predicted molar refractivity (Wildman–Crippen MR) is 81.4 cm³/mol. The molecule has 0 spiro atoms. The van der Waals surface area contributed by atoms with Crippen LogP contribution in [0.15, 0.2) is 21.6 Å². The summed E-state index contributed by atoms with van der Waals surface area (Å²) in [6.45, 7) is 3.35. The third kappa shape index (κ3) is 4.00. The van der Waals surface area contributed by atoms with Crippen LogP contribution in [0.25, 0.3) is 0 Å². The van der Waals surface area contributed by atoms with E-state index in [2.05, 4.69) is 16.3 Å². The highest BCUT2D eigenvalue weighted by Gasteiger charge is 2.29. The number of furan rings is 1. The molecule has 2 N–H and O–H groups in total. The van der Waals surface area contributed by atoms with Gasteiger partial charge >= 0.3 is 0 Å². The molecule has 0 saturated heterocycles. The van der Waals surface area contributed by atoms with Gasteiger partial charge in [0.15, 0.2) is 0 Å². The second-order valence-corrected chi connectivity index (χ2v) is 7.77. The Kier molecular flexibility index (Phi) is 5.54. The van der Waals surface area contributed by atoms with Crippen molar-refractivity contribution in [2.75, 3.05) is 12.8 Å². The number of hydrogen-bond donors (Lipinski definition) is 2. The van der Waals surface area contributed by atoms with E-state index in [9.17, 15) is 8.42 Å². The highest BCUT2D eigenvalue weighted by molar-refractivity contribution is 7.99. The fraction of sp³-hybridized carbons (Fsp3) is 0.692. The molecular weight excluding hydrogens is 296 g/mol. The van der Waals surface area contributed by atoms with E-state index >= 15 is 0 Å². The lowest BCUT2D eigenvalue weighted by Gasteiger charge is -2.11. The smallest absolute Gasteiger partial charge is 0.274 e. The first-order valence-electron chi connectivity index (χ1n) is 6.89. The van der Waals surface area contributed by atoms with E-state index in [1.54, 1.807) is 17.8 Å². The molecule has 2 atom stereocenters. The van der Waals surface area contributed by atoms with E-state index in [1.165, 1.54) is 6.07 Å². The van der Waals surface area contributed by atoms with Crippen LogP contribution in [0.1, 0.15) is 31.9 Å². The van der Waals surface area contributed by atoms with Crippen LogP contribution >= 0.6 is 11.8 Å². The largest absolute Gasteiger partial charge is 0.447 e. The van der Waals surface area contributed by atoms with Crippen LogP contribution in [0.5, 0.6) is 0 Å². The second-order valence-electron chi connectivity index (χ2n) is 4.99. The minimum absolute atomic E-state index is 0.0120. The SMILES string of the molecule is CCNCc1ccc(S(=O)(=O)NC2CCC(SC)C2)o1. The summed E-state index contributed by atoms with van der Waals surface area (Å²) in [4.78, 5) is 0. The van der Waals surface area contributed by atoms with Gasteiger partial charge in [0.05, 0.1) is 6.54 Å². The van der Waals surface area contributed by atoms with Gasteiger partial charge in [-0.05, 0) is 44.2 Å². The summed E-state index contributed by atoms with van der Waals surface area (Å²) in [5.74, 6) is 0.639. The zero-order valence-electron chi connectivity index (χ0n) is 11.9. The normalized spacial score (nSPS) is 23.3. The summed E-state index contributed by atoms with van der Waals surface area (Å²) in [6, 6.07) is 3.26. The lowest BCUT2D eigenvalue weighted by atomic mass is 10.3. The molecule has 0 aromatic carbocycles. The zero-order chi connectivity index (χ0) is 14.6. The minimum atomic E-state index is -3.53. The molecule has 1 heterocycles. The summed E-state index contributed by atoms with van der Waals surface area (Å²) in [5, 5.41) is 3.68. The molecule has 0 bridgehead atoms. The molecular formula is C13H22N2O3S2. The average Bonchev–Trinajstić information content (AvgIpc) is 3.04. The first-order chi connectivity index (χ1) is 9.55. The van der Waals surface area contributed by atoms with Crippen molar-refractivity contribution in [3.63, 3.8) is 0 Å². The molecule has 20 heavy (non-hydrogen) atoms. The van der Waals surface area contributed by atoms with Gasteiger partial charge < -0.3 is 9.73 Å². The molecule has 1 aliphatic carbocycles. The number of sulfonamides is 1. The summed E-state index contributed by atoms with van der Waals surface area (Å²) in [5.41, 5.74) is 0. The van der Waals surface area contributed by atoms with Crippen molar-refractivity contribution in [3.8, 4) is 0 Å². The van der Waals surface area contributed by atoms with Gasteiger partial charge in [-0.3, -0.25) is 0 Å². The fourth-order valence-electron chi connectivity index (χ4n) is 2.38. The van der Waals surface area contributed by atoms with Gasteiger partial charge in [-0.1, -0.05) is 6.92 Å². The topological polar surface area (TPSA) is 71.3 Å². The summed E-state index contributed by atoms with van der Waals surface area (Å²) in [6.07, 6.45) is 4.93.